The molecular formula is C21H23N9S2. The van der Waals surface area contributed by atoms with Crippen LogP contribution in [0.3, 0.4) is 0 Å². The lowest BCUT2D eigenvalue weighted by Crippen LogP contribution is -2.47. The summed E-state index contributed by atoms with van der Waals surface area (Å²) >= 11 is 7.04. The Morgan fingerprint density at radius 2 is 1.75 bits per heavy atom. The number of anilines is 3. The first-order valence-electron chi connectivity index (χ1n) is 10.4. The summed E-state index contributed by atoms with van der Waals surface area (Å²) in [6.07, 6.45) is 0. The Hall–Kier alpha value is -3.15. The first-order chi connectivity index (χ1) is 15.7. The van der Waals surface area contributed by atoms with Gasteiger partial charge in [0.2, 0.25) is 11.1 Å². The maximum absolute atomic E-state index is 5.55. The Balaban J connectivity index is 1.21. The molecule has 0 spiro atoms. The quantitative estimate of drug-likeness (QED) is 0.434. The first kappa shape index (κ1) is 20.7. The van der Waals surface area contributed by atoms with Crippen LogP contribution in [0, 0.1) is 10.9 Å². The lowest BCUT2D eigenvalue weighted by Gasteiger charge is -2.34. The second-order valence-electron chi connectivity index (χ2n) is 7.64. The van der Waals surface area contributed by atoms with Crippen molar-refractivity contribution in [2.75, 3.05) is 36.4 Å². The minimum absolute atomic E-state index is 0.669. The monoisotopic (exact) mass is 465 g/mol. The summed E-state index contributed by atoms with van der Waals surface area (Å²) in [5.41, 5.74) is 3.19. The van der Waals surface area contributed by atoms with Crippen LogP contribution in [0.5, 0.6) is 0 Å². The molecule has 0 bridgehead atoms. The third kappa shape index (κ3) is 4.54. The van der Waals surface area contributed by atoms with Crippen LogP contribution in [0.4, 0.5) is 16.8 Å². The van der Waals surface area contributed by atoms with E-state index in [1.165, 1.54) is 16.9 Å². The summed E-state index contributed by atoms with van der Waals surface area (Å²) in [6, 6.07) is 18.2. The molecule has 0 amide bonds. The van der Waals surface area contributed by atoms with Crippen molar-refractivity contribution in [2.24, 2.45) is 0 Å². The largest absolute Gasteiger partial charge is 0.337 e. The van der Waals surface area contributed by atoms with Gasteiger partial charge in [0.1, 0.15) is 0 Å². The molecule has 1 saturated heterocycles. The van der Waals surface area contributed by atoms with Crippen molar-refractivity contribution in [3.63, 3.8) is 0 Å². The molecule has 0 aliphatic carbocycles. The van der Waals surface area contributed by atoms with E-state index >= 15 is 0 Å². The number of hydrogen-bond acceptors (Lipinski definition) is 9. The molecule has 0 atom stereocenters. The van der Waals surface area contributed by atoms with Gasteiger partial charge >= 0.3 is 0 Å². The van der Waals surface area contributed by atoms with Crippen LogP contribution in [0.15, 0.2) is 54.6 Å². The van der Waals surface area contributed by atoms with E-state index in [9.17, 15) is 0 Å². The van der Waals surface area contributed by atoms with Crippen molar-refractivity contribution in [1.82, 2.24) is 34.9 Å². The van der Waals surface area contributed by atoms with Gasteiger partial charge in [0.25, 0.3) is 0 Å². The highest BCUT2D eigenvalue weighted by Crippen LogP contribution is 2.22. The van der Waals surface area contributed by atoms with Crippen LogP contribution in [0.25, 0.3) is 5.69 Å². The Morgan fingerprint density at radius 1 is 1.00 bits per heavy atom. The van der Waals surface area contributed by atoms with Crippen LogP contribution in [0.2, 0.25) is 0 Å². The lowest BCUT2D eigenvalue weighted by atomic mass is 10.2. The summed E-state index contributed by atoms with van der Waals surface area (Å²) in [5.74, 6) is 0.769. The molecular weight excluding hydrogens is 442 g/mol. The number of piperazine rings is 1. The van der Waals surface area contributed by atoms with Crippen molar-refractivity contribution < 1.29 is 0 Å². The molecule has 32 heavy (non-hydrogen) atoms. The van der Waals surface area contributed by atoms with Crippen LogP contribution < -0.4 is 10.2 Å². The number of aromatic nitrogens is 6. The van der Waals surface area contributed by atoms with Crippen molar-refractivity contribution in [1.29, 1.82) is 0 Å². The molecule has 9 nitrogen and oxygen atoms in total. The summed E-state index contributed by atoms with van der Waals surface area (Å²) < 4.78 is 4.44. The molecule has 2 aromatic heterocycles. The molecule has 1 aliphatic heterocycles. The van der Waals surface area contributed by atoms with Crippen molar-refractivity contribution in [2.45, 2.75) is 13.6 Å². The standard InChI is InChI=1S/C21H23N9S2/c1-16-7-9-17(10-8-16)22-19-24-29(21(31)32-19)15-27-11-13-28(14-12-27)20-23-25-26-30(20)18-5-3-2-4-6-18/h2-10H,11-15H2,1H3,(H,22,24). The Kier molecular flexibility index (Phi) is 5.93. The zero-order valence-corrected chi connectivity index (χ0v) is 19.3. The topological polar surface area (TPSA) is 79.9 Å². The molecule has 1 N–H and O–H groups in total. The van der Waals surface area contributed by atoms with Crippen LogP contribution >= 0.6 is 23.6 Å². The number of nitrogens with one attached hydrogen (secondary N) is 1. The molecule has 0 saturated carbocycles. The average molecular weight is 466 g/mol. The van der Waals surface area contributed by atoms with Crippen molar-refractivity contribution in [3.05, 3.63) is 64.1 Å². The van der Waals surface area contributed by atoms with Gasteiger partial charge in [-0.05, 0) is 53.8 Å². The second kappa shape index (κ2) is 9.15. The maximum atomic E-state index is 5.55. The van der Waals surface area contributed by atoms with E-state index < -0.39 is 0 Å². The predicted molar refractivity (Wildman–Crippen MR) is 128 cm³/mol. The third-order valence-electron chi connectivity index (χ3n) is 5.35. The van der Waals surface area contributed by atoms with E-state index in [2.05, 4.69) is 54.8 Å². The normalized spacial score (nSPS) is 14.6. The molecule has 1 aliphatic rings. The lowest BCUT2D eigenvalue weighted by molar-refractivity contribution is 0.194. The summed E-state index contributed by atoms with van der Waals surface area (Å²) in [7, 11) is 0. The fourth-order valence-corrected chi connectivity index (χ4v) is 4.61. The second-order valence-corrected chi connectivity index (χ2v) is 9.26. The number of aryl methyl sites for hydroxylation is 1. The van der Waals surface area contributed by atoms with Gasteiger partial charge in [-0.2, -0.15) is 4.68 Å². The minimum Gasteiger partial charge on any atom is -0.337 e. The van der Waals surface area contributed by atoms with Gasteiger partial charge in [-0.3, -0.25) is 4.90 Å². The minimum atomic E-state index is 0.669. The van der Waals surface area contributed by atoms with Crippen LogP contribution in [-0.4, -0.2) is 61.1 Å². The number of rotatable bonds is 6. The van der Waals surface area contributed by atoms with E-state index in [1.54, 1.807) is 4.68 Å². The number of para-hydroxylation sites is 1. The fourth-order valence-electron chi connectivity index (χ4n) is 3.60. The van der Waals surface area contributed by atoms with Gasteiger partial charge in [-0.15, -0.1) is 5.10 Å². The number of benzene rings is 2. The van der Waals surface area contributed by atoms with Gasteiger partial charge in [-0.1, -0.05) is 52.3 Å². The van der Waals surface area contributed by atoms with Gasteiger partial charge in [0.15, 0.2) is 3.95 Å². The smallest absolute Gasteiger partial charge is 0.250 e. The Bertz CT molecular complexity index is 1220. The van der Waals surface area contributed by atoms with E-state index in [0.717, 1.165) is 52.6 Å². The van der Waals surface area contributed by atoms with E-state index in [-0.39, 0.29) is 0 Å². The summed E-state index contributed by atoms with van der Waals surface area (Å²) in [5, 5.41) is 21.1. The third-order valence-corrected chi connectivity index (χ3v) is 6.58. The van der Waals surface area contributed by atoms with Gasteiger partial charge in [0, 0.05) is 31.9 Å². The van der Waals surface area contributed by atoms with Crippen molar-refractivity contribution in [3.8, 4) is 5.69 Å². The Labute approximate surface area is 194 Å². The zero-order chi connectivity index (χ0) is 21.9. The molecule has 4 aromatic rings. The molecule has 164 valence electrons. The number of hydrogen-bond donors (Lipinski definition) is 1. The molecule has 0 radical (unpaired) electrons. The number of nitrogens with zero attached hydrogens (tertiary/aromatic N) is 8. The van der Waals surface area contributed by atoms with Gasteiger partial charge in [0.05, 0.1) is 12.4 Å². The van der Waals surface area contributed by atoms with Crippen LogP contribution in [-0.2, 0) is 6.67 Å². The molecule has 11 heteroatoms. The zero-order valence-electron chi connectivity index (χ0n) is 17.6. The van der Waals surface area contributed by atoms with Gasteiger partial charge < -0.3 is 10.2 Å². The van der Waals surface area contributed by atoms with E-state index in [0.29, 0.717) is 6.67 Å². The first-order valence-corrected chi connectivity index (χ1v) is 11.6. The number of tetrazole rings is 1. The molecule has 0 unspecified atom stereocenters. The van der Waals surface area contributed by atoms with E-state index in [4.69, 9.17) is 12.2 Å². The Morgan fingerprint density at radius 3 is 2.50 bits per heavy atom. The summed E-state index contributed by atoms with van der Waals surface area (Å²) in [4.78, 5) is 4.56. The fraction of sp³-hybridized carbons (Fsp3) is 0.286. The average Bonchev–Trinajstić information content (AvgIpc) is 3.43. The van der Waals surface area contributed by atoms with E-state index in [1.807, 2.05) is 47.1 Å². The maximum Gasteiger partial charge on any atom is 0.250 e. The summed E-state index contributed by atoms with van der Waals surface area (Å²) in [6.45, 7) is 6.16. The molecule has 1 fully saturated rings. The molecule has 3 heterocycles. The predicted octanol–water partition coefficient (Wildman–Crippen LogP) is 3.48. The van der Waals surface area contributed by atoms with Crippen molar-refractivity contribution >= 4 is 40.3 Å². The molecule has 5 rings (SSSR count). The SMILES string of the molecule is Cc1ccc(Nc2nn(CN3CCN(c4nnnn4-c4ccccc4)CC3)c(=S)s2)cc1. The highest BCUT2D eigenvalue weighted by molar-refractivity contribution is 7.73. The molecule has 2 aromatic carbocycles. The highest BCUT2D eigenvalue weighted by Gasteiger charge is 2.23. The van der Waals surface area contributed by atoms with Crippen LogP contribution in [0.1, 0.15) is 5.56 Å². The van der Waals surface area contributed by atoms with Gasteiger partial charge in [-0.25, -0.2) is 4.68 Å². The highest BCUT2D eigenvalue weighted by atomic mass is 32.1.